The molecule has 3 rings (SSSR count). The van der Waals surface area contributed by atoms with E-state index in [2.05, 4.69) is 54.8 Å². The summed E-state index contributed by atoms with van der Waals surface area (Å²) in [6.45, 7) is 6.34. The van der Waals surface area contributed by atoms with Gasteiger partial charge >= 0.3 is 0 Å². The standard InChI is InChI=1S/C24H34N4O3/c1-4-25-24(26-13-12-19-8-11-22-23(16-19)31-18-30-22)27-17-20-6-9-21(10-7-20)29-15-5-14-28(2)3/h6-11,16H,4-5,12-15,17-18H2,1-3H3,(H2,25,26,27). The molecule has 31 heavy (non-hydrogen) atoms. The molecule has 2 N–H and O–H groups in total. The van der Waals surface area contributed by atoms with Crippen LogP contribution in [0.1, 0.15) is 24.5 Å². The van der Waals surface area contributed by atoms with Gasteiger partial charge in [0.2, 0.25) is 6.79 Å². The second-order valence-electron chi connectivity index (χ2n) is 7.71. The zero-order valence-corrected chi connectivity index (χ0v) is 18.8. The number of hydrogen-bond donors (Lipinski definition) is 2. The highest BCUT2D eigenvalue weighted by molar-refractivity contribution is 5.79. The molecule has 7 nitrogen and oxygen atoms in total. The average molecular weight is 427 g/mol. The molecule has 7 heteroatoms. The predicted molar refractivity (Wildman–Crippen MR) is 124 cm³/mol. The molecule has 0 aromatic heterocycles. The van der Waals surface area contributed by atoms with Crippen LogP contribution < -0.4 is 24.8 Å². The van der Waals surface area contributed by atoms with Gasteiger partial charge < -0.3 is 29.7 Å². The summed E-state index contributed by atoms with van der Waals surface area (Å²) in [5.74, 6) is 3.35. The minimum Gasteiger partial charge on any atom is -0.494 e. The first kappa shape index (κ1) is 22.7. The molecule has 0 unspecified atom stereocenters. The molecule has 0 fully saturated rings. The molecular formula is C24H34N4O3. The first-order valence-electron chi connectivity index (χ1n) is 10.9. The second-order valence-corrected chi connectivity index (χ2v) is 7.71. The lowest BCUT2D eigenvalue weighted by Crippen LogP contribution is -2.38. The molecule has 0 saturated heterocycles. The van der Waals surface area contributed by atoms with E-state index in [9.17, 15) is 0 Å². The molecule has 0 aliphatic carbocycles. The van der Waals surface area contributed by atoms with Gasteiger partial charge in [0.05, 0.1) is 13.2 Å². The Morgan fingerprint density at radius 3 is 2.58 bits per heavy atom. The zero-order chi connectivity index (χ0) is 21.9. The third kappa shape index (κ3) is 7.68. The van der Waals surface area contributed by atoms with E-state index in [0.717, 1.165) is 67.9 Å². The fraction of sp³-hybridized carbons (Fsp3) is 0.458. The summed E-state index contributed by atoms with van der Waals surface area (Å²) in [6.07, 6.45) is 1.89. The summed E-state index contributed by atoms with van der Waals surface area (Å²) in [7, 11) is 4.15. The Balaban J connectivity index is 1.44. The van der Waals surface area contributed by atoms with Crippen molar-refractivity contribution in [3.05, 3.63) is 53.6 Å². The van der Waals surface area contributed by atoms with E-state index in [-0.39, 0.29) is 0 Å². The number of benzene rings is 2. The van der Waals surface area contributed by atoms with E-state index >= 15 is 0 Å². The maximum Gasteiger partial charge on any atom is 0.231 e. The van der Waals surface area contributed by atoms with Crippen molar-refractivity contribution >= 4 is 5.96 Å². The number of nitrogens with one attached hydrogen (secondary N) is 2. The van der Waals surface area contributed by atoms with Crippen molar-refractivity contribution in [1.29, 1.82) is 0 Å². The van der Waals surface area contributed by atoms with Crippen molar-refractivity contribution in [1.82, 2.24) is 15.5 Å². The van der Waals surface area contributed by atoms with Crippen LogP contribution in [0.4, 0.5) is 0 Å². The third-order valence-electron chi connectivity index (χ3n) is 4.85. The lowest BCUT2D eigenvalue weighted by Gasteiger charge is -2.12. The van der Waals surface area contributed by atoms with Crippen LogP contribution in [0.2, 0.25) is 0 Å². The highest BCUT2D eigenvalue weighted by Gasteiger charge is 2.12. The molecule has 2 aromatic rings. The van der Waals surface area contributed by atoms with Gasteiger partial charge in [0, 0.05) is 19.6 Å². The summed E-state index contributed by atoms with van der Waals surface area (Å²) in [5.41, 5.74) is 2.35. The average Bonchev–Trinajstić information content (AvgIpc) is 3.24. The highest BCUT2D eigenvalue weighted by atomic mass is 16.7. The first-order chi connectivity index (χ1) is 15.1. The number of guanidine groups is 1. The lowest BCUT2D eigenvalue weighted by molar-refractivity contribution is 0.174. The van der Waals surface area contributed by atoms with Gasteiger partial charge in [-0.25, -0.2) is 4.99 Å². The maximum atomic E-state index is 5.79. The van der Waals surface area contributed by atoms with E-state index in [1.54, 1.807) is 0 Å². The number of hydrogen-bond acceptors (Lipinski definition) is 5. The topological polar surface area (TPSA) is 67.4 Å². The molecular weight excluding hydrogens is 392 g/mol. The van der Waals surface area contributed by atoms with Crippen LogP contribution in [0.3, 0.4) is 0 Å². The lowest BCUT2D eigenvalue weighted by atomic mass is 10.1. The van der Waals surface area contributed by atoms with Crippen LogP contribution in [0.25, 0.3) is 0 Å². The second kappa shape index (κ2) is 12.1. The van der Waals surface area contributed by atoms with Gasteiger partial charge in [0.1, 0.15) is 5.75 Å². The molecule has 0 atom stereocenters. The minimum atomic E-state index is 0.303. The van der Waals surface area contributed by atoms with E-state index in [1.165, 1.54) is 5.56 Å². The van der Waals surface area contributed by atoms with Gasteiger partial charge in [-0.15, -0.1) is 0 Å². The molecule has 1 aliphatic heterocycles. The highest BCUT2D eigenvalue weighted by Crippen LogP contribution is 2.32. The quantitative estimate of drug-likeness (QED) is 0.327. The molecule has 0 spiro atoms. The number of nitrogens with zero attached hydrogens (tertiary/aromatic N) is 2. The summed E-state index contributed by atoms with van der Waals surface area (Å²) >= 11 is 0. The normalized spacial score (nSPS) is 12.8. The number of aliphatic imine (C=N–C) groups is 1. The summed E-state index contributed by atoms with van der Waals surface area (Å²) in [6, 6.07) is 14.2. The molecule has 1 aliphatic rings. The van der Waals surface area contributed by atoms with Gasteiger partial charge in [0.25, 0.3) is 0 Å². The monoisotopic (exact) mass is 426 g/mol. The van der Waals surface area contributed by atoms with Crippen molar-refractivity contribution in [2.24, 2.45) is 4.99 Å². The molecule has 0 bridgehead atoms. The SMILES string of the molecule is CCNC(=NCc1ccc(OCCCN(C)C)cc1)NCCc1ccc2c(c1)OCO2. The zero-order valence-electron chi connectivity index (χ0n) is 18.8. The number of rotatable bonds is 11. The van der Waals surface area contributed by atoms with Crippen molar-refractivity contribution in [3.63, 3.8) is 0 Å². The summed E-state index contributed by atoms with van der Waals surface area (Å²) in [5, 5.41) is 6.70. The Hall–Kier alpha value is -2.93. The molecule has 0 saturated carbocycles. The van der Waals surface area contributed by atoms with Crippen LogP contribution in [-0.4, -0.2) is 58.0 Å². The van der Waals surface area contributed by atoms with E-state index in [0.29, 0.717) is 13.3 Å². The van der Waals surface area contributed by atoms with Crippen LogP contribution >= 0.6 is 0 Å². The van der Waals surface area contributed by atoms with Crippen LogP contribution in [0.5, 0.6) is 17.2 Å². The van der Waals surface area contributed by atoms with E-state index in [4.69, 9.17) is 19.2 Å². The Kier molecular flexibility index (Phi) is 8.84. The fourth-order valence-electron chi connectivity index (χ4n) is 3.20. The third-order valence-corrected chi connectivity index (χ3v) is 4.85. The van der Waals surface area contributed by atoms with Crippen molar-refractivity contribution in [3.8, 4) is 17.2 Å². The Morgan fingerprint density at radius 1 is 1.03 bits per heavy atom. The molecule has 1 heterocycles. The summed E-state index contributed by atoms with van der Waals surface area (Å²) < 4.78 is 16.6. The number of fused-ring (bicyclic) bond motifs is 1. The smallest absolute Gasteiger partial charge is 0.231 e. The van der Waals surface area contributed by atoms with Crippen LogP contribution in [-0.2, 0) is 13.0 Å². The predicted octanol–water partition coefficient (Wildman–Crippen LogP) is 3.04. The number of ether oxygens (including phenoxy) is 3. The van der Waals surface area contributed by atoms with Gasteiger partial charge in [-0.05, 0) is 69.3 Å². The van der Waals surface area contributed by atoms with Gasteiger partial charge in [-0.2, -0.15) is 0 Å². The Bertz CT molecular complexity index is 837. The molecule has 168 valence electrons. The Labute approximate surface area is 185 Å². The van der Waals surface area contributed by atoms with Crippen molar-refractivity contribution in [2.45, 2.75) is 26.3 Å². The largest absolute Gasteiger partial charge is 0.494 e. The van der Waals surface area contributed by atoms with Crippen LogP contribution in [0, 0.1) is 0 Å². The molecule has 2 aromatic carbocycles. The summed E-state index contributed by atoms with van der Waals surface area (Å²) in [4.78, 5) is 6.86. The van der Waals surface area contributed by atoms with Gasteiger partial charge in [0.15, 0.2) is 17.5 Å². The maximum absolute atomic E-state index is 5.79. The fourth-order valence-corrected chi connectivity index (χ4v) is 3.20. The van der Waals surface area contributed by atoms with Gasteiger partial charge in [-0.3, -0.25) is 0 Å². The van der Waals surface area contributed by atoms with E-state index < -0.39 is 0 Å². The van der Waals surface area contributed by atoms with E-state index in [1.807, 2.05) is 24.3 Å². The van der Waals surface area contributed by atoms with Crippen molar-refractivity contribution in [2.75, 3.05) is 47.1 Å². The van der Waals surface area contributed by atoms with Gasteiger partial charge in [-0.1, -0.05) is 18.2 Å². The Morgan fingerprint density at radius 2 is 1.81 bits per heavy atom. The first-order valence-corrected chi connectivity index (χ1v) is 10.9. The van der Waals surface area contributed by atoms with Crippen molar-refractivity contribution < 1.29 is 14.2 Å². The molecule has 0 radical (unpaired) electrons. The minimum absolute atomic E-state index is 0.303. The van der Waals surface area contributed by atoms with Crippen LogP contribution in [0.15, 0.2) is 47.5 Å². The molecule has 0 amide bonds.